The van der Waals surface area contributed by atoms with Crippen molar-refractivity contribution in [3.63, 3.8) is 0 Å². The second-order valence-electron chi connectivity index (χ2n) is 7.53. The number of aliphatic hydroxyl groups excluding tert-OH is 2. The highest BCUT2D eigenvalue weighted by Gasteiger charge is 2.58. The number of carbonyl (C=O) groups excluding carboxylic acids is 2. The minimum Gasteiger partial charge on any atom is -0.508 e. The Bertz CT molecular complexity index is 630. The Kier molecular flexibility index (Phi) is 6.91. The van der Waals surface area contributed by atoms with E-state index >= 15 is 0 Å². The highest BCUT2D eigenvalue weighted by molar-refractivity contribution is 6.24. The predicted molar refractivity (Wildman–Crippen MR) is 97.0 cm³/mol. The van der Waals surface area contributed by atoms with Crippen molar-refractivity contribution in [2.75, 3.05) is 0 Å². The molecule has 0 saturated carbocycles. The predicted octanol–water partition coefficient (Wildman–Crippen LogP) is 3.03. The van der Waals surface area contributed by atoms with Crippen LogP contribution in [0.25, 0.3) is 0 Å². The molecule has 0 aromatic rings. The Morgan fingerprint density at radius 1 is 1.16 bits per heavy atom. The summed E-state index contributed by atoms with van der Waals surface area (Å²) in [7, 11) is 0. The maximum atomic E-state index is 12.8. The van der Waals surface area contributed by atoms with E-state index in [0.29, 0.717) is 0 Å². The smallest absolute Gasteiger partial charge is 0.176 e. The maximum absolute atomic E-state index is 12.8. The van der Waals surface area contributed by atoms with Crippen LogP contribution in [0.1, 0.15) is 54.4 Å². The highest BCUT2D eigenvalue weighted by atomic mass is 16.4. The van der Waals surface area contributed by atoms with Gasteiger partial charge in [-0.05, 0) is 40.5 Å². The molecule has 0 spiro atoms. The first-order valence-corrected chi connectivity index (χ1v) is 8.63. The zero-order valence-electron chi connectivity index (χ0n) is 16.0. The first kappa shape index (κ1) is 21.3. The summed E-state index contributed by atoms with van der Waals surface area (Å²) in [5, 5.41) is 32.2. The van der Waals surface area contributed by atoms with Gasteiger partial charge in [0.1, 0.15) is 11.3 Å². The largest absolute Gasteiger partial charge is 0.508 e. The lowest BCUT2D eigenvalue weighted by Crippen LogP contribution is -2.49. The summed E-state index contributed by atoms with van der Waals surface area (Å²) >= 11 is 0. The fourth-order valence-corrected chi connectivity index (χ4v) is 2.94. The number of allylic oxidation sites excluding steroid dienone is 4. The van der Waals surface area contributed by atoms with Gasteiger partial charge in [-0.3, -0.25) is 9.59 Å². The van der Waals surface area contributed by atoms with Gasteiger partial charge in [-0.1, -0.05) is 37.1 Å². The molecule has 1 rings (SSSR count). The molecule has 5 nitrogen and oxygen atoms in total. The second-order valence-corrected chi connectivity index (χ2v) is 7.53. The molecule has 0 fully saturated rings. The van der Waals surface area contributed by atoms with Gasteiger partial charge in [0.05, 0.1) is 12.0 Å². The van der Waals surface area contributed by atoms with E-state index in [-0.39, 0.29) is 18.4 Å². The first-order valence-electron chi connectivity index (χ1n) is 8.63. The molecule has 25 heavy (non-hydrogen) atoms. The Hall–Kier alpha value is -1.72. The number of hydrogen-bond donors (Lipinski definition) is 3. The van der Waals surface area contributed by atoms with E-state index in [1.54, 1.807) is 26.0 Å². The summed E-state index contributed by atoms with van der Waals surface area (Å²) in [6.45, 7) is 10.6. The minimum atomic E-state index is -2.16. The van der Waals surface area contributed by atoms with Crippen LogP contribution in [0.4, 0.5) is 0 Å². The number of rotatable bonds is 7. The van der Waals surface area contributed by atoms with E-state index in [2.05, 4.69) is 0 Å². The number of ketones is 2. The molecule has 3 atom stereocenters. The monoisotopic (exact) mass is 350 g/mol. The van der Waals surface area contributed by atoms with Crippen LogP contribution in [0.2, 0.25) is 0 Å². The van der Waals surface area contributed by atoms with Gasteiger partial charge in [-0.15, -0.1) is 0 Å². The SMILES string of the molecule is CC(C)=CC[C@@H](O)[C@]1(O)C(O)=C(C(=O)C(C)C)C(=O)[C@@H]1CC=C(C)C. The van der Waals surface area contributed by atoms with Crippen molar-refractivity contribution in [1.29, 1.82) is 0 Å². The second kappa shape index (κ2) is 8.11. The molecule has 0 amide bonds. The van der Waals surface area contributed by atoms with Crippen LogP contribution in [0.3, 0.4) is 0 Å². The molecule has 140 valence electrons. The lowest BCUT2D eigenvalue weighted by Gasteiger charge is -2.33. The van der Waals surface area contributed by atoms with Gasteiger partial charge in [-0.2, -0.15) is 0 Å². The van der Waals surface area contributed by atoms with Gasteiger partial charge in [0, 0.05) is 5.92 Å². The Labute approximate surface area is 149 Å². The van der Waals surface area contributed by atoms with Crippen LogP contribution in [0.15, 0.2) is 34.6 Å². The molecule has 0 unspecified atom stereocenters. The molecule has 5 heteroatoms. The topological polar surface area (TPSA) is 94.8 Å². The first-order chi connectivity index (χ1) is 11.4. The van der Waals surface area contributed by atoms with Crippen LogP contribution < -0.4 is 0 Å². The molecule has 1 aliphatic rings. The molecule has 0 bridgehead atoms. The van der Waals surface area contributed by atoms with E-state index in [1.807, 2.05) is 27.7 Å². The molecule has 0 aromatic heterocycles. The van der Waals surface area contributed by atoms with Crippen molar-refractivity contribution < 1.29 is 24.9 Å². The molecule has 0 saturated heterocycles. The molecular formula is C20H30O5. The van der Waals surface area contributed by atoms with Crippen molar-refractivity contribution in [2.24, 2.45) is 11.8 Å². The van der Waals surface area contributed by atoms with Gasteiger partial charge < -0.3 is 15.3 Å². The van der Waals surface area contributed by atoms with Crippen LogP contribution in [-0.2, 0) is 9.59 Å². The van der Waals surface area contributed by atoms with Crippen molar-refractivity contribution in [3.05, 3.63) is 34.6 Å². The third kappa shape index (κ3) is 4.28. The van der Waals surface area contributed by atoms with E-state index in [1.165, 1.54) is 0 Å². The molecule has 3 N–H and O–H groups in total. The molecular weight excluding hydrogens is 320 g/mol. The number of Topliss-reactive ketones (excluding diaryl/α,β-unsaturated/α-hetero) is 2. The average Bonchev–Trinajstić information content (AvgIpc) is 2.69. The van der Waals surface area contributed by atoms with E-state index in [4.69, 9.17) is 0 Å². The summed E-state index contributed by atoms with van der Waals surface area (Å²) in [5.41, 5.74) is -0.651. The van der Waals surface area contributed by atoms with Crippen molar-refractivity contribution in [2.45, 2.75) is 66.1 Å². The summed E-state index contributed by atoms with van der Waals surface area (Å²) in [6, 6.07) is 0. The molecule has 1 aliphatic carbocycles. The molecule has 0 heterocycles. The zero-order chi connectivity index (χ0) is 19.5. The molecule has 0 aromatic carbocycles. The summed E-state index contributed by atoms with van der Waals surface area (Å²) in [6.07, 6.45) is 2.31. The van der Waals surface area contributed by atoms with E-state index in [9.17, 15) is 24.9 Å². The lowest BCUT2D eigenvalue weighted by atomic mass is 9.80. The van der Waals surface area contributed by atoms with Crippen molar-refractivity contribution >= 4 is 11.6 Å². The average molecular weight is 350 g/mol. The number of hydrogen-bond acceptors (Lipinski definition) is 5. The van der Waals surface area contributed by atoms with Gasteiger partial charge in [-0.25, -0.2) is 0 Å². The normalized spacial score (nSPS) is 24.5. The third-order valence-electron chi connectivity index (χ3n) is 4.50. The van der Waals surface area contributed by atoms with E-state index < -0.39 is 40.9 Å². The maximum Gasteiger partial charge on any atom is 0.176 e. The van der Waals surface area contributed by atoms with Crippen LogP contribution in [0, 0.1) is 11.8 Å². The van der Waals surface area contributed by atoms with Gasteiger partial charge in [0.2, 0.25) is 0 Å². The number of carbonyl (C=O) groups is 2. The number of aliphatic hydroxyl groups is 3. The van der Waals surface area contributed by atoms with E-state index in [0.717, 1.165) is 11.1 Å². The quantitative estimate of drug-likeness (QED) is 0.484. The van der Waals surface area contributed by atoms with Crippen LogP contribution in [-0.4, -0.2) is 38.6 Å². The summed E-state index contributed by atoms with van der Waals surface area (Å²) in [5.74, 6) is -3.40. The summed E-state index contributed by atoms with van der Waals surface area (Å²) in [4.78, 5) is 25.1. The van der Waals surface area contributed by atoms with Gasteiger partial charge >= 0.3 is 0 Å². The fourth-order valence-electron chi connectivity index (χ4n) is 2.94. The molecule has 0 aliphatic heterocycles. The standard InChI is InChI=1S/C20H30O5/c1-11(2)7-9-14-18(23)16(17(22)13(5)6)19(24)20(14,25)15(21)10-8-12(3)4/h7-8,13-15,21,24-25H,9-10H2,1-6H3/t14-,15+,20-/m0/s1. The van der Waals surface area contributed by atoms with Gasteiger partial charge in [0.25, 0.3) is 0 Å². The van der Waals surface area contributed by atoms with Crippen LogP contribution >= 0.6 is 0 Å². The third-order valence-corrected chi connectivity index (χ3v) is 4.50. The fraction of sp³-hybridized carbons (Fsp3) is 0.600. The summed E-state index contributed by atoms with van der Waals surface area (Å²) < 4.78 is 0. The Morgan fingerprint density at radius 3 is 2.12 bits per heavy atom. The molecule has 0 radical (unpaired) electrons. The van der Waals surface area contributed by atoms with Crippen LogP contribution in [0.5, 0.6) is 0 Å². The Balaban J connectivity index is 3.42. The van der Waals surface area contributed by atoms with Gasteiger partial charge in [0.15, 0.2) is 17.2 Å². The minimum absolute atomic E-state index is 0.0741. The Morgan fingerprint density at radius 2 is 1.68 bits per heavy atom. The van der Waals surface area contributed by atoms with Crippen molar-refractivity contribution in [1.82, 2.24) is 0 Å². The lowest BCUT2D eigenvalue weighted by molar-refractivity contribution is -0.134. The highest BCUT2D eigenvalue weighted by Crippen LogP contribution is 2.43. The van der Waals surface area contributed by atoms with Crippen molar-refractivity contribution in [3.8, 4) is 0 Å². The zero-order valence-corrected chi connectivity index (χ0v) is 16.0.